The molecule has 0 saturated carbocycles. The van der Waals surface area contributed by atoms with Gasteiger partial charge in [0.2, 0.25) is 0 Å². The Hall–Kier alpha value is -1.11. The van der Waals surface area contributed by atoms with E-state index in [0.717, 1.165) is 43.7 Å². The van der Waals surface area contributed by atoms with Crippen molar-refractivity contribution in [3.05, 3.63) is 35.6 Å². The maximum atomic E-state index is 5.36. The molecule has 2 aromatic heterocycles. The second-order valence-corrected chi connectivity index (χ2v) is 6.37. The Bertz CT molecular complexity index is 512. The van der Waals surface area contributed by atoms with Crippen molar-refractivity contribution in [2.24, 2.45) is 0 Å². The molecule has 0 radical (unpaired) electrons. The minimum atomic E-state index is 0.781. The second-order valence-electron chi connectivity index (χ2n) is 4.15. The molecule has 3 rings (SSSR count). The Labute approximate surface area is 120 Å². The van der Waals surface area contributed by atoms with Crippen molar-refractivity contribution in [2.75, 3.05) is 31.2 Å². The largest absolute Gasteiger partial charge is 0.378 e. The summed E-state index contributed by atoms with van der Waals surface area (Å²) in [6.45, 7) is 3.38. The van der Waals surface area contributed by atoms with Gasteiger partial charge in [-0.3, -0.25) is 0 Å². The molecule has 0 unspecified atom stereocenters. The summed E-state index contributed by atoms with van der Waals surface area (Å²) in [5, 5.41) is 2.09. The van der Waals surface area contributed by atoms with Crippen LogP contribution in [0.15, 0.2) is 34.0 Å². The normalized spacial score (nSPS) is 15.7. The highest BCUT2D eigenvalue weighted by molar-refractivity contribution is 8.00. The van der Waals surface area contributed by atoms with Gasteiger partial charge in [0.1, 0.15) is 11.6 Å². The zero-order chi connectivity index (χ0) is 12.9. The quantitative estimate of drug-likeness (QED) is 0.810. The Kier molecular flexibility index (Phi) is 4.32. The molecule has 0 amide bonds. The molecule has 1 fully saturated rings. The Morgan fingerprint density at radius 1 is 1.32 bits per heavy atom. The van der Waals surface area contributed by atoms with Crippen LogP contribution in [0, 0.1) is 0 Å². The number of anilines is 1. The van der Waals surface area contributed by atoms with Crippen LogP contribution < -0.4 is 4.90 Å². The van der Waals surface area contributed by atoms with Gasteiger partial charge in [-0.15, -0.1) is 23.1 Å². The van der Waals surface area contributed by atoms with Gasteiger partial charge in [-0.25, -0.2) is 9.97 Å². The van der Waals surface area contributed by atoms with Crippen molar-refractivity contribution in [3.8, 4) is 0 Å². The number of aromatic nitrogens is 2. The summed E-state index contributed by atoms with van der Waals surface area (Å²) < 4.78 is 6.67. The van der Waals surface area contributed by atoms with Gasteiger partial charge in [-0.05, 0) is 17.5 Å². The van der Waals surface area contributed by atoms with Gasteiger partial charge in [0.25, 0.3) is 0 Å². The van der Waals surface area contributed by atoms with Crippen molar-refractivity contribution in [1.29, 1.82) is 0 Å². The maximum absolute atomic E-state index is 5.36. The SMILES string of the molecule is c1csc(SCc2nccc(N3CCOCC3)n2)c1. The molecule has 0 N–H and O–H groups in total. The highest BCUT2D eigenvalue weighted by Crippen LogP contribution is 2.26. The van der Waals surface area contributed by atoms with Crippen LogP contribution in [0.5, 0.6) is 0 Å². The smallest absolute Gasteiger partial charge is 0.140 e. The van der Waals surface area contributed by atoms with Gasteiger partial charge in [-0.2, -0.15) is 0 Å². The molecular formula is C13H15N3OS2. The van der Waals surface area contributed by atoms with Gasteiger partial charge >= 0.3 is 0 Å². The third-order valence-electron chi connectivity index (χ3n) is 2.86. The van der Waals surface area contributed by atoms with Crippen LogP contribution in [-0.4, -0.2) is 36.3 Å². The van der Waals surface area contributed by atoms with Crippen LogP contribution in [0.2, 0.25) is 0 Å². The van der Waals surface area contributed by atoms with E-state index in [9.17, 15) is 0 Å². The second kappa shape index (κ2) is 6.36. The average Bonchev–Trinajstić information content (AvgIpc) is 3.00. The van der Waals surface area contributed by atoms with Gasteiger partial charge in [0, 0.05) is 19.3 Å². The third-order valence-corrected chi connectivity index (χ3v) is 4.99. The molecule has 1 aliphatic heterocycles. The van der Waals surface area contributed by atoms with E-state index in [-0.39, 0.29) is 0 Å². The predicted octanol–water partition coefficient (Wildman–Crippen LogP) is 2.67. The van der Waals surface area contributed by atoms with Crippen LogP contribution in [0.3, 0.4) is 0 Å². The van der Waals surface area contributed by atoms with Crippen LogP contribution >= 0.6 is 23.1 Å². The van der Waals surface area contributed by atoms with Crippen LogP contribution in [-0.2, 0) is 10.5 Å². The van der Waals surface area contributed by atoms with Gasteiger partial charge in [0.05, 0.1) is 23.2 Å². The molecule has 0 aliphatic carbocycles. The number of hydrogen-bond donors (Lipinski definition) is 0. The van der Waals surface area contributed by atoms with Crippen molar-refractivity contribution in [3.63, 3.8) is 0 Å². The number of rotatable bonds is 4. The number of morpholine rings is 1. The highest BCUT2D eigenvalue weighted by atomic mass is 32.2. The zero-order valence-corrected chi connectivity index (χ0v) is 12.1. The lowest BCUT2D eigenvalue weighted by molar-refractivity contribution is 0.122. The van der Waals surface area contributed by atoms with E-state index in [1.165, 1.54) is 4.21 Å². The van der Waals surface area contributed by atoms with E-state index in [2.05, 4.69) is 32.4 Å². The molecule has 1 saturated heterocycles. The molecule has 4 nitrogen and oxygen atoms in total. The van der Waals surface area contributed by atoms with Crippen LogP contribution in [0.4, 0.5) is 5.82 Å². The van der Waals surface area contributed by atoms with E-state index in [0.29, 0.717) is 0 Å². The van der Waals surface area contributed by atoms with E-state index < -0.39 is 0 Å². The lowest BCUT2D eigenvalue weighted by atomic mass is 10.4. The first kappa shape index (κ1) is 12.9. The van der Waals surface area contributed by atoms with Gasteiger partial charge in [0.15, 0.2) is 0 Å². The Morgan fingerprint density at radius 3 is 3.00 bits per heavy atom. The Morgan fingerprint density at radius 2 is 2.21 bits per heavy atom. The monoisotopic (exact) mass is 293 g/mol. The van der Waals surface area contributed by atoms with Crippen molar-refractivity contribution in [2.45, 2.75) is 9.96 Å². The molecule has 100 valence electrons. The summed E-state index contributed by atoms with van der Waals surface area (Å²) in [5.41, 5.74) is 0. The molecule has 6 heteroatoms. The predicted molar refractivity (Wildman–Crippen MR) is 78.9 cm³/mol. The molecule has 0 bridgehead atoms. The molecule has 3 heterocycles. The molecule has 0 atom stereocenters. The molecule has 19 heavy (non-hydrogen) atoms. The van der Waals surface area contributed by atoms with E-state index in [4.69, 9.17) is 4.74 Å². The fourth-order valence-corrected chi connectivity index (χ4v) is 3.56. The molecule has 2 aromatic rings. The fourth-order valence-electron chi connectivity index (χ4n) is 1.91. The molecule has 1 aliphatic rings. The van der Waals surface area contributed by atoms with E-state index >= 15 is 0 Å². The summed E-state index contributed by atoms with van der Waals surface area (Å²) in [4.78, 5) is 11.2. The van der Waals surface area contributed by atoms with E-state index in [1.54, 1.807) is 23.1 Å². The summed E-state index contributed by atoms with van der Waals surface area (Å²) >= 11 is 3.54. The van der Waals surface area contributed by atoms with Crippen molar-refractivity contribution < 1.29 is 4.74 Å². The average molecular weight is 293 g/mol. The molecule has 0 aromatic carbocycles. The van der Waals surface area contributed by atoms with Crippen molar-refractivity contribution in [1.82, 2.24) is 9.97 Å². The minimum absolute atomic E-state index is 0.781. The summed E-state index contributed by atoms with van der Waals surface area (Å²) in [7, 11) is 0. The maximum Gasteiger partial charge on any atom is 0.140 e. The lowest BCUT2D eigenvalue weighted by Crippen LogP contribution is -2.36. The van der Waals surface area contributed by atoms with Gasteiger partial charge in [-0.1, -0.05) is 6.07 Å². The van der Waals surface area contributed by atoms with Crippen molar-refractivity contribution >= 4 is 28.9 Å². The number of hydrogen-bond acceptors (Lipinski definition) is 6. The first-order chi connectivity index (χ1) is 9.42. The summed E-state index contributed by atoms with van der Waals surface area (Å²) in [6, 6.07) is 6.17. The minimum Gasteiger partial charge on any atom is -0.378 e. The summed E-state index contributed by atoms with van der Waals surface area (Å²) in [5.74, 6) is 2.72. The summed E-state index contributed by atoms with van der Waals surface area (Å²) in [6.07, 6.45) is 1.85. The Balaban J connectivity index is 1.65. The molecule has 0 spiro atoms. The van der Waals surface area contributed by atoms with E-state index in [1.807, 2.05) is 12.3 Å². The number of thioether (sulfide) groups is 1. The number of ether oxygens (including phenoxy) is 1. The van der Waals surface area contributed by atoms with Crippen LogP contribution in [0.1, 0.15) is 5.82 Å². The highest BCUT2D eigenvalue weighted by Gasteiger charge is 2.13. The molecular weight excluding hydrogens is 278 g/mol. The lowest BCUT2D eigenvalue weighted by Gasteiger charge is -2.27. The zero-order valence-electron chi connectivity index (χ0n) is 10.5. The van der Waals surface area contributed by atoms with Gasteiger partial charge < -0.3 is 9.64 Å². The first-order valence-corrected chi connectivity index (χ1v) is 8.09. The number of nitrogens with zero attached hydrogens (tertiary/aromatic N) is 3. The first-order valence-electron chi connectivity index (χ1n) is 6.23. The fraction of sp³-hybridized carbons (Fsp3) is 0.385. The topological polar surface area (TPSA) is 38.2 Å². The third kappa shape index (κ3) is 3.46. The standard InChI is InChI=1S/C13H15N3OS2/c1-2-13(18-9-1)19-10-11-14-4-3-12(15-11)16-5-7-17-8-6-16/h1-4,9H,5-8,10H2. The van der Waals surface area contributed by atoms with Crippen LogP contribution in [0.25, 0.3) is 0 Å². The number of thiophene rings is 1.